The first-order valence-electron chi connectivity index (χ1n) is 19.2. The fourth-order valence-corrected chi connectivity index (χ4v) is 10.3. The van der Waals surface area contributed by atoms with Gasteiger partial charge in [0.1, 0.15) is 0 Å². The summed E-state index contributed by atoms with van der Waals surface area (Å²) in [4.78, 5) is 19.2. The maximum atomic E-state index is 12.2. The van der Waals surface area contributed by atoms with Gasteiger partial charge in [0.2, 0.25) is 0 Å². The molecule has 0 bridgehead atoms. The second kappa shape index (κ2) is 17.4. The lowest BCUT2D eigenvalue weighted by atomic mass is 9.73. The minimum Gasteiger partial charge on any atom is -0.493 e. The van der Waals surface area contributed by atoms with E-state index in [1.54, 1.807) is 14.2 Å². The summed E-state index contributed by atoms with van der Waals surface area (Å²) in [6.45, 7) is 19.4. The molecule has 0 aromatic heterocycles. The molecule has 282 valence electrons. The highest BCUT2D eigenvalue weighted by Gasteiger charge is 2.46. The van der Waals surface area contributed by atoms with E-state index in [0.29, 0.717) is 43.1 Å². The SMILES string of the molecule is [C-]#[N+]C1(c2ccc(OC)c(OC3CCCC3)c2)CCC(C(=O)O)CC1.[C-]#[N+]C1(c2ccc(OC)c(OC3CCCC3)c2)CCC(CP(C)(C)=O)CC1. The van der Waals surface area contributed by atoms with E-state index in [1.807, 2.05) is 49.7 Å². The van der Waals surface area contributed by atoms with Gasteiger partial charge in [0.05, 0.1) is 39.5 Å². The number of nitrogens with zero attached hydrogens (tertiary/aromatic N) is 2. The van der Waals surface area contributed by atoms with Crippen molar-refractivity contribution in [2.45, 2.75) is 126 Å². The summed E-state index contributed by atoms with van der Waals surface area (Å²) >= 11 is 0. The quantitative estimate of drug-likeness (QED) is 0.181. The first kappa shape index (κ1) is 39.5. The van der Waals surface area contributed by atoms with Crippen LogP contribution in [-0.4, -0.2) is 57.0 Å². The van der Waals surface area contributed by atoms with Crippen LogP contribution >= 0.6 is 7.14 Å². The van der Waals surface area contributed by atoms with Crippen molar-refractivity contribution in [3.8, 4) is 23.0 Å². The van der Waals surface area contributed by atoms with Gasteiger partial charge in [-0.15, -0.1) is 0 Å². The standard InChI is InChI=1S/C22H32NO3P.C20H25NO4/c1-23-22(13-11-17(12-14-22)16-27(3,4)24)18-9-10-20(25-2)21(15-18)26-19-7-5-6-8-19;1-21-20(11-9-14(10-12-20)19(22)23)15-7-8-17(24-2)18(13-15)25-16-5-3-4-6-16/h9-10,15,17,19H,5-8,11-14,16H2,2-4H3;7-8,13-14,16H,3-6,9-12H2,2H3,(H,22,23). The molecule has 4 aliphatic carbocycles. The molecule has 2 aromatic carbocycles. The lowest BCUT2D eigenvalue weighted by molar-refractivity contribution is -0.143. The van der Waals surface area contributed by atoms with Crippen LogP contribution < -0.4 is 18.9 Å². The van der Waals surface area contributed by atoms with Crippen molar-refractivity contribution in [3.05, 3.63) is 70.4 Å². The van der Waals surface area contributed by atoms with Crippen LogP contribution in [0.25, 0.3) is 9.69 Å². The van der Waals surface area contributed by atoms with Crippen molar-refractivity contribution in [3.63, 3.8) is 0 Å². The van der Waals surface area contributed by atoms with E-state index < -0.39 is 24.2 Å². The van der Waals surface area contributed by atoms with Crippen LogP contribution in [0.4, 0.5) is 0 Å². The van der Waals surface area contributed by atoms with Crippen LogP contribution in [-0.2, 0) is 20.4 Å². The zero-order valence-corrected chi connectivity index (χ0v) is 32.4. The number of ether oxygens (including phenoxy) is 4. The molecule has 0 radical (unpaired) electrons. The molecule has 10 heteroatoms. The number of carboxylic acid groups (broad SMARTS) is 1. The summed E-state index contributed by atoms with van der Waals surface area (Å²) in [5, 5.41) is 9.21. The molecule has 0 unspecified atom stereocenters. The van der Waals surface area contributed by atoms with E-state index in [1.165, 1.54) is 25.7 Å². The first-order chi connectivity index (χ1) is 24.9. The second-order valence-electron chi connectivity index (χ2n) is 15.9. The summed E-state index contributed by atoms with van der Waals surface area (Å²) in [6, 6.07) is 11.8. The minimum absolute atomic E-state index is 0.218. The molecule has 0 spiro atoms. The van der Waals surface area contributed by atoms with Crippen LogP contribution in [0.15, 0.2) is 36.4 Å². The number of carbonyl (C=O) groups is 1. The zero-order valence-electron chi connectivity index (χ0n) is 31.5. The number of hydrogen-bond donors (Lipinski definition) is 1. The molecule has 0 aliphatic heterocycles. The van der Waals surface area contributed by atoms with Gasteiger partial charge in [-0.1, -0.05) is 0 Å². The van der Waals surface area contributed by atoms with Crippen LogP contribution in [0, 0.1) is 25.0 Å². The third-order valence-electron chi connectivity index (χ3n) is 11.8. The topological polar surface area (TPSA) is 100 Å². The molecule has 9 nitrogen and oxygen atoms in total. The van der Waals surface area contributed by atoms with E-state index >= 15 is 0 Å². The predicted octanol–water partition coefficient (Wildman–Crippen LogP) is 10.4. The van der Waals surface area contributed by atoms with Gasteiger partial charge in [0, 0.05) is 43.0 Å². The molecule has 0 amide bonds. The largest absolute Gasteiger partial charge is 0.493 e. The fourth-order valence-electron chi connectivity index (χ4n) is 8.72. The van der Waals surface area contributed by atoms with Crippen LogP contribution in [0.3, 0.4) is 0 Å². The second-order valence-corrected chi connectivity index (χ2v) is 19.4. The predicted molar refractivity (Wildman–Crippen MR) is 204 cm³/mol. The highest BCUT2D eigenvalue weighted by Crippen LogP contribution is 2.50. The Kier molecular flexibility index (Phi) is 13.2. The summed E-state index contributed by atoms with van der Waals surface area (Å²) in [5.74, 6) is 2.32. The van der Waals surface area contributed by atoms with E-state index in [4.69, 9.17) is 32.1 Å². The Bertz CT molecular complexity index is 1650. The van der Waals surface area contributed by atoms with Gasteiger partial charge in [0.15, 0.2) is 23.0 Å². The molecule has 52 heavy (non-hydrogen) atoms. The van der Waals surface area contributed by atoms with E-state index in [9.17, 15) is 14.5 Å². The van der Waals surface area contributed by atoms with Crippen molar-refractivity contribution in [2.75, 3.05) is 33.7 Å². The van der Waals surface area contributed by atoms with Crippen molar-refractivity contribution >= 4 is 13.1 Å². The zero-order chi connectivity index (χ0) is 37.4. The molecule has 0 atom stereocenters. The molecule has 0 saturated heterocycles. The van der Waals surface area contributed by atoms with Crippen LogP contribution in [0.2, 0.25) is 0 Å². The fraction of sp³-hybridized carbons (Fsp3) is 0.643. The van der Waals surface area contributed by atoms with Crippen molar-refractivity contribution in [1.29, 1.82) is 0 Å². The number of hydrogen-bond acceptors (Lipinski definition) is 6. The van der Waals surface area contributed by atoms with Crippen molar-refractivity contribution in [2.24, 2.45) is 11.8 Å². The molecule has 4 saturated carbocycles. The number of aliphatic carboxylic acids is 1. The lowest BCUT2D eigenvalue weighted by Gasteiger charge is -2.32. The maximum absolute atomic E-state index is 12.2. The Hall–Kier alpha value is -3.68. The van der Waals surface area contributed by atoms with Crippen LogP contribution in [0.1, 0.15) is 114 Å². The van der Waals surface area contributed by atoms with Gasteiger partial charge >= 0.3 is 5.97 Å². The molecule has 4 fully saturated rings. The normalized spacial score (nSPS) is 26.7. The number of benzene rings is 2. The molecular formula is C42H57N2O7P. The Morgan fingerprint density at radius 2 is 1.12 bits per heavy atom. The van der Waals surface area contributed by atoms with E-state index in [2.05, 4.69) is 9.69 Å². The summed E-state index contributed by atoms with van der Waals surface area (Å²) in [7, 11) is 1.28. The lowest BCUT2D eigenvalue weighted by Crippen LogP contribution is -2.31. The molecule has 4 aliphatic rings. The summed E-state index contributed by atoms with van der Waals surface area (Å²) in [5.41, 5.74) is 0.828. The van der Waals surface area contributed by atoms with Crippen LogP contribution in [0.5, 0.6) is 23.0 Å². The van der Waals surface area contributed by atoms with Gasteiger partial charge in [-0.2, -0.15) is 0 Å². The number of rotatable bonds is 11. The minimum atomic E-state index is -2.01. The summed E-state index contributed by atoms with van der Waals surface area (Å²) in [6.07, 6.45) is 16.2. The molecular weight excluding hydrogens is 675 g/mol. The number of methoxy groups -OCH3 is 2. The van der Waals surface area contributed by atoms with Crippen molar-refractivity contribution in [1.82, 2.24) is 0 Å². The first-order valence-corrected chi connectivity index (χ1v) is 22.0. The Balaban J connectivity index is 0.000000202. The smallest absolute Gasteiger partial charge is 0.306 e. The molecule has 1 N–H and O–H groups in total. The summed E-state index contributed by atoms with van der Waals surface area (Å²) < 4.78 is 35.5. The average molecular weight is 733 g/mol. The van der Waals surface area contributed by atoms with E-state index in [0.717, 1.165) is 80.2 Å². The highest BCUT2D eigenvalue weighted by molar-refractivity contribution is 7.62. The molecule has 2 aromatic rings. The Morgan fingerprint density at radius 3 is 1.46 bits per heavy atom. The maximum Gasteiger partial charge on any atom is 0.306 e. The van der Waals surface area contributed by atoms with E-state index in [-0.39, 0.29) is 18.1 Å². The highest BCUT2D eigenvalue weighted by atomic mass is 31.2. The monoisotopic (exact) mass is 732 g/mol. The van der Waals surface area contributed by atoms with Gasteiger partial charge in [-0.3, -0.25) is 4.79 Å². The average Bonchev–Trinajstić information content (AvgIpc) is 3.87. The van der Waals surface area contributed by atoms with Gasteiger partial charge < -0.3 is 38.3 Å². The van der Waals surface area contributed by atoms with Gasteiger partial charge in [-0.25, -0.2) is 13.1 Å². The van der Waals surface area contributed by atoms with Gasteiger partial charge in [0.25, 0.3) is 11.1 Å². The van der Waals surface area contributed by atoms with Crippen molar-refractivity contribution < 1.29 is 33.4 Å². The molecule has 0 heterocycles. The third kappa shape index (κ3) is 9.64. The third-order valence-corrected chi connectivity index (χ3v) is 13.2. The number of carboxylic acids is 1. The Labute approximate surface area is 310 Å². The van der Waals surface area contributed by atoms with Gasteiger partial charge in [-0.05, 0) is 133 Å². The Morgan fingerprint density at radius 1 is 0.712 bits per heavy atom. The molecule has 6 rings (SSSR count).